The number of nitrogens with one attached hydrogen (secondary N) is 6. The van der Waals surface area contributed by atoms with Gasteiger partial charge in [0.1, 0.15) is 0 Å². The molecule has 12 N–H and O–H groups in total. The van der Waals surface area contributed by atoms with Crippen molar-refractivity contribution in [2.75, 3.05) is 111 Å². The summed E-state index contributed by atoms with van der Waals surface area (Å²) >= 11 is 0. The molecule has 0 aromatic rings. The monoisotopic (exact) mass is 1160 g/mol. The molecule has 2 amide bonds. The van der Waals surface area contributed by atoms with Crippen LogP contribution in [0.25, 0.3) is 0 Å². The highest BCUT2D eigenvalue weighted by Gasteiger charge is 2.19. The number of rotatable bonds is 69. The Morgan fingerprint density at radius 2 is 0.598 bits per heavy atom. The lowest BCUT2D eigenvalue weighted by Crippen LogP contribution is -2.45. The molecule has 486 valence electrons. The molecule has 0 aromatic carbocycles. The Hall–Kier alpha value is -1.94. The standard InChI is InChI=1S/C69H143N11O2/c1-4-7-10-12-14-16-18-20-22-24-26-28-30-32-34-36-60-79(64-45-58-77-68(81)66(75-56-43-50-71)47-40-53-73-52-9-6-3)62-38-39-63-80(61-37-35-33-31-29-27-25-23-21-19-17-15-13-11-8-5-2)65-46-59-78-69(82)67(76-57-44-51-72)48-41-54-74-55-42-49-70/h20-23,66-67,73-76H,4-19,24-65,70-72H2,1-3H3,(H,77,81)(H,78,82)/b22-20-,23-21-. The smallest absolute Gasteiger partial charge is 0.237 e. The van der Waals surface area contributed by atoms with Gasteiger partial charge in [0.05, 0.1) is 12.1 Å². The molecule has 0 aromatic heterocycles. The molecule has 0 rings (SSSR count). The molecule has 2 atom stereocenters. The number of hydrogen-bond acceptors (Lipinski definition) is 11. The van der Waals surface area contributed by atoms with E-state index in [9.17, 15) is 9.59 Å². The van der Waals surface area contributed by atoms with Crippen molar-refractivity contribution >= 4 is 11.8 Å². The van der Waals surface area contributed by atoms with Crippen molar-refractivity contribution < 1.29 is 9.59 Å². The number of nitrogens with two attached hydrogens (primary N) is 3. The van der Waals surface area contributed by atoms with Crippen LogP contribution in [0, 0.1) is 0 Å². The van der Waals surface area contributed by atoms with Gasteiger partial charge in [0.15, 0.2) is 0 Å². The number of carbonyl (C=O) groups is 2. The molecule has 0 aliphatic heterocycles. The number of carbonyl (C=O) groups excluding carboxylic acids is 2. The largest absolute Gasteiger partial charge is 0.355 e. The molecule has 2 unspecified atom stereocenters. The van der Waals surface area contributed by atoms with Gasteiger partial charge >= 0.3 is 0 Å². The fourth-order valence-corrected chi connectivity index (χ4v) is 10.8. The van der Waals surface area contributed by atoms with Gasteiger partial charge in [0.25, 0.3) is 0 Å². The van der Waals surface area contributed by atoms with Gasteiger partial charge in [0, 0.05) is 13.1 Å². The van der Waals surface area contributed by atoms with Crippen LogP contribution in [0.3, 0.4) is 0 Å². The summed E-state index contributed by atoms with van der Waals surface area (Å²) in [6.07, 6.45) is 59.8. The number of amides is 2. The van der Waals surface area contributed by atoms with E-state index < -0.39 is 0 Å². The number of allylic oxidation sites excluding steroid dienone is 4. The molecule has 0 saturated carbocycles. The number of nitrogens with zero attached hydrogens (tertiary/aromatic N) is 2. The third-order valence-electron chi connectivity index (χ3n) is 16.2. The average molecular weight is 1160 g/mol. The summed E-state index contributed by atoms with van der Waals surface area (Å²) < 4.78 is 0. The molecule has 0 saturated heterocycles. The van der Waals surface area contributed by atoms with E-state index in [1.165, 1.54) is 205 Å². The van der Waals surface area contributed by atoms with Gasteiger partial charge in [-0.05, 0) is 239 Å². The minimum atomic E-state index is -0.191. The summed E-state index contributed by atoms with van der Waals surface area (Å²) in [6, 6.07) is -0.359. The zero-order chi connectivity index (χ0) is 59.5. The van der Waals surface area contributed by atoms with Crippen LogP contribution < -0.4 is 49.1 Å². The molecule has 0 spiro atoms. The van der Waals surface area contributed by atoms with Crippen LogP contribution >= 0.6 is 0 Å². The molecular formula is C69H143N11O2. The second-order valence-electron chi connectivity index (χ2n) is 24.1. The Labute approximate surface area is 509 Å². The lowest BCUT2D eigenvalue weighted by Gasteiger charge is -2.25. The van der Waals surface area contributed by atoms with Crippen LogP contribution in [0.1, 0.15) is 284 Å². The summed E-state index contributed by atoms with van der Waals surface area (Å²) in [5.41, 5.74) is 17.3. The maximum Gasteiger partial charge on any atom is 0.237 e. The molecule has 0 fully saturated rings. The van der Waals surface area contributed by atoms with Gasteiger partial charge in [-0.3, -0.25) is 9.59 Å². The fraction of sp³-hybridized carbons (Fsp3) is 0.913. The first-order chi connectivity index (χ1) is 40.5. The molecule has 0 aliphatic rings. The van der Waals surface area contributed by atoms with Crippen LogP contribution in [-0.2, 0) is 9.59 Å². The van der Waals surface area contributed by atoms with Crippen LogP contribution in [0.4, 0.5) is 0 Å². The summed E-state index contributed by atoms with van der Waals surface area (Å²) in [7, 11) is 0. The van der Waals surface area contributed by atoms with Gasteiger partial charge in [-0.2, -0.15) is 0 Å². The number of hydrogen-bond donors (Lipinski definition) is 9. The Morgan fingerprint density at radius 1 is 0.317 bits per heavy atom. The molecule has 0 bridgehead atoms. The summed E-state index contributed by atoms with van der Waals surface area (Å²) in [5, 5.41) is 20.6. The summed E-state index contributed by atoms with van der Waals surface area (Å²) in [5.74, 6) is 0.248. The first kappa shape index (κ1) is 80.1. The first-order valence-electron chi connectivity index (χ1n) is 35.8. The molecular weight excluding hydrogens is 1010 g/mol. The number of unbranched alkanes of at least 4 members (excludes halogenated alkanes) is 26. The van der Waals surface area contributed by atoms with Crippen LogP contribution in [-0.4, -0.2) is 145 Å². The van der Waals surface area contributed by atoms with E-state index >= 15 is 0 Å². The molecule has 13 heteroatoms. The lowest BCUT2D eigenvalue weighted by atomic mass is 10.1. The quantitative estimate of drug-likeness (QED) is 0.0208. The fourth-order valence-electron chi connectivity index (χ4n) is 10.8. The predicted molar refractivity (Wildman–Crippen MR) is 360 cm³/mol. The zero-order valence-electron chi connectivity index (χ0n) is 54.9. The lowest BCUT2D eigenvalue weighted by molar-refractivity contribution is -0.124. The molecule has 0 radical (unpaired) electrons. The van der Waals surface area contributed by atoms with Crippen molar-refractivity contribution in [2.24, 2.45) is 17.2 Å². The minimum absolute atomic E-state index is 0.116. The van der Waals surface area contributed by atoms with E-state index in [1.54, 1.807) is 0 Å². The van der Waals surface area contributed by atoms with Crippen LogP contribution in [0.2, 0.25) is 0 Å². The van der Waals surface area contributed by atoms with E-state index in [-0.39, 0.29) is 23.9 Å². The van der Waals surface area contributed by atoms with Gasteiger partial charge in [0.2, 0.25) is 11.8 Å². The van der Waals surface area contributed by atoms with Gasteiger partial charge in [-0.1, -0.05) is 167 Å². The maximum atomic E-state index is 13.5. The van der Waals surface area contributed by atoms with Gasteiger partial charge in [-0.15, -0.1) is 0 Å². The average Bonchev–Trinajstić information content (AvgIpc) is 3.48. The first-order valence-corrected chi connectivity index (χ1v) is 35.8. The molecule has 13 nitrogen and oxygen atoms in total. The molecule has 0 heterocycles. The van der Waals surface area contributed by atoms with Crippen molar-refractivity contribution in [3.8, 4) is 0 Å². The van der Waals surface area contributed by atoms with Crippen LogP contribution in [0.15, 0.2) is 24.3 Å². The Balaban J connectivity index is 5.46. The molecule has 82 heavy (non-hydrogen) atoms. The maximum absolute atomic E-state index is 13.5. The highest BCUT2D eigenvalue weighted by Crippen LogP contribution is 2.14. The summed E-state index contributed by atoms with van der Waals surface area (Å²) in [6.45, 7) is 22.0. The molecule has 0 aliphatic carbocycles. The predicted octanol–water partition coefficient (Wildman–Crippen LogP) is 13.0. The van der Waals surface area contributed by atoms with E-state index in [4.69, 9.17) is 17.2 Å². The highest BCUT2D eigenvalue weighted by molar-refractivity contribution is 5.82. The van der Waals surface area contributed by atoms with Crippen molar-refractivity contribution in [1.82, 2.24) is 41.7 Å². The Morgan fingerprint density at radius 3 is 0.951 bits per heavy atom. The SMILES string of the molecule is CCCCCCCC/C=C\CCCCCCCCN(CCCCN(CCCCCCCC/C=C\CCCCCCCC)CCCNC(=O)C(CCCNCCCN)NCCCN)CCCNC(=O)C(CCCNCCCC)NCCCN. The van der Waals surface area contributed by atoms with Crippen molar-refractivity contribution in [2.45, 2.75) is 296 Å². The van der Waals surface area contributed by atoms with Crippen LogP contribution in [0.5, 0.6) is 0 Å². The second-order valence-corrected chi connectivity index (χ2v) is 24.1. The van der Waals surface area contributed by atoms with E-state index in [0.29, 0.717) is 32.7 Å². The third-order valence-corrected chi connectivity index (χ3v) is 16.2. The topological polar surface area (TPSA) is 191 Å². The van der Waals surface area contributed by atoms with E-state index in [1.807, 2.05) is 0 Å². The highest BCUT2D eigenvalue weighted by atomic mass is 16.2. The van der Waals surface area contributed by atoms with Gasteiger partial charge < -0.3 is 58.9 Å². The van der Waals surface area contributed by atoms with E-state index in [2.05, 4.69) is 86.8 Å². The summed E-state index contributed by atoms with van der Waals surface area (Å²) in [4.78, 5) is 32.3. The van der Waals surface area contributed by atoms with Crippen molar-refractivity contribution in [3.05, 3.63) is 24.3 Å². The zero-order valence-corrected chi connectivity index (χ0v) is 54.9. The third kappa shape index (κ3) is 58.4. The van der Waals surface area contributed by atoms with Crippen molar-refractivity contribution in [1.29, 1.82) is 0 Å². The van der Waals surface area contributed by atoms with Gasteiger partial charge in [-0.25, -0.2) is 0 Å². The second kappa shape index (κ2) is 68.2. The Kier molecular flexibility index (Phi) is 66.6. The minimum Gasteiger partial charge on any atom is -0.355 e. The Bertz CT molecular complexity index is 1240. The normalized spacial score (nSPS) is 12.7. The van der Waals surface area contributed by atoms with Crippen molar-refractivity contribution in [3.63, 3.8) is 0 Å². The van der Waals surface area contributed by atoms with E-state index in [0.717, 1.165) is 136 Å².